The second-order valence-electron chi connectivity index (χ2n) is 17.0. The molecular formula is C58H47BF6O5P2. The molecule has 0 aliphatic rings. The molecule has 364 valence electrons. The van der Waals surface area contributed by atoms with Gasteiger partial charge in [0.15, 0.2) is 0 Å². The molecule has 0 aliphatic carbocycles. The average Bonchev–Trinajstić information content (AvgIpc) is 3.40. The van der Waals surface area contributed by atoms with Gasteiger partial charge in [-0.15, -0.1) is 0 Å². The number of para-hydroxylation sites is 2. The van der Waals surface area contributed by atoms with Gasteiger partial charge in [0.2, 0.25) is 0 Å². The molecule has 0 radical (unpaired) electrons. The molecule has 5 nitrogen and oxygen atoms in total. The van der Waals surface area contributed by atoms with Crippen LogP contribution >= 0.6 is 14.1 Å². The third kappa shape index (κ3) is 9.05. The van der Waals surface area contributed by atoms with Crippen molar-refractivity contribution in [1.82, 2.24) is 0 Å². The normalized spacial score (nSPS) is 13.2. The van der Waals surface area contributed by atoms with Gasteiger partial charge in [-0.3, -0.25) is 0 Å². The van der Waals surface area contributed by atoms with Crippen LogP contribution in [0.5, 0.6) is 17.2 Å². The van der Waals surface area contributed by atoms with Crippen LogP contribution in [0.3, 0.4) is 0 Å². The Morgan fingerprint density at radius 1 is 0.333 bits per heavy atom. The van der Waals surface area contributed by atoms with Gasteiger partial charge in [-0.1, -0.05) is 0 Å². The van der Waals surface area contributed by atoms with Gasteiger partial charge in [0, 0.05) is 0 Å². The zero-order valence-corrected chi connectivity index (χ0v) is 40.7. The maximum absolute atomic E-state index is 14.9. The van der Waals surface area contributed by atoms with Gasteiger partial charge >= 0.3 is 417 Å². The van der Waals surface area contributed by atoms with E-state index in [1.807, 2.05) is 147 Å². The molecule has 0 aromatic heterocycles. The van der Waals surface area contributed by atoms with Crippen LogP contribution in [-0.2, 0) is 21.2 Å². The molecule has 0 heterocycles. The molecule has 9 aromatic rings. The molecule has 0 fully saturated rings. The molecule has 0 N–H and O–H groups in total. The van der Waals surface area contributed by atoms with Gasteiger partial charge < -0.3 is 0 Å². The number of benzene rings is 9. The summed E-state index contributed by atoms with van der Waals surface area (Å²) in [6, 6.07) is 69.8. The Morgan fingerprint density at radius 3 is 0.833 bits per heavy atom. The van der Waals surface area contributed by atoms with Crippen molar-refractivity contribution in [3.05, 3.63) is 271 Å². The van der Waals surface area contributed by atoms with Gasteiger partial charge in [0.05, 0.1) is 0 Å². The maximum atomic E-state index is 14.9. The van der Waals surface area contributed by atoms with Crippen molar-refractivity contribution in [2.75, 3.05) is 0 Å². The zero-order chi connectivity index (χ0) is 50.5. The fourth-order valence-corrected chi connectivity index (χ4v) is 18.6. The van der Waals surface area contributed by atoms with E-state index in [1.54, 1.807) is 97.1 Å². The number of hydrogen-bond donors (Lipinski definition) is 0. The van der Waals surface area contributed by atoms with E-state index in [9.17, 15) is 26.3 Å². The summed E-state index contributed by atoms with van der Waals surface area (Å²) < 4.78 is 128. The molecule has 0 atom stereocenters. The predicted molar refractivity (Wildman–Crippen MR) is 279 cm³/mol. The van der Waals surface area contributed by atoms with Crippen LogP contribution in [0.4, 0.5) is 26.3 Å². The fourth-order valence-electron chi connectivity index (χ4n) is 9.00. The van der Waals surface area contributed by atoms with Crippen LogP contribution < -0.4 is 45.5 Å². The SMILES string of the molecule is Cc1ccccc1OP(OB(Oc1cc(C(F)(F)F)cc(C(F)(F)F)c1)OP(Oc1ccccc1C)(c1ccccc1)(c1ccccc1)c1ccccc1)(c1ccccc1)(c1ccccc1)c1ccccc1. The summed E-state index contributed by atoms with van der Waals surface area (Å²) >= 11 is 0. The van der Waals surface area contributed by atoms with E-state index in [0.29, 0.717) is 66.6 Å². The molecule has 0 unspecified atom stereocenters. The molecule has 72 heavy (non-hydrogen) atoms. The summed E-state index contributed by atoms with van der Waals surface area (Å²) in [6.07, 6.45) is -10.5. The van der Waals surface area contributed by atoms with Crippen molar-refractivity contribution >= 4 is 53.3 Å². The molecule has 9 rings (SSSR count). The minimum atomic E-state index is -5.39. The van der Waals surface area contributed by atoms with Crippen molar-refractivity contribution < 1.29 is 48.9 Å². The molecule has 9 aromatic carbocycles. The predicted octanol–water partition coefficient (Wildman–Crippen LogP) is 13.6. The molecule has 0 spiro atoms. The molecular weight excluding hydrogens is 963 g/mol. The third-order valence-corrected chi connectivity index (χ3v) is 22.1. The number of alkyl halides is 6. The van der Waals surface area contributed by atoms with Gasteiger partial charge in [-0.25, -0.2) is 0 Å². The monoisotopic (exact) mass is 1010 g/mol. The van der Waals surface area contributed by atoms with Crippen LogP contribution in [0.1, 0.15) is 22.3 Å². The summed E-state index contributed by atoms with van der Waals surface area (Å²) in [5.74, 6) is -0.163. The van der Waals surface area contributed by atoms with Crippen LogP contribution in [-0.4, -0.2) is 7.32 Å². The van der Waals surface area contributed by atoms with E-state index >= 15 is 0 Å². The molecule has 0 bridgehead atoms. The van der Waals surface area contributed by atoms with E-state index in [4.69, 9.17) is 22.6 Å². The first-order valence-corrected chi connectivity index (χ1v) is 27.0. The van der Waals surface area contributed by atoms with Gasteiger partial charge in [-0.2, -0.15) is 0 Å². The first-order valence-electron chi connectivity index (χ1n) is 22.9. The van der Waals surface area contributed by atoms with Crippen LogP contribution in [0.2, 0.25) is 0 Å². The van der Waals surface area contributed by atoms with Crippen LogP contribution in [0.25, 0.3) is 0 Å². The minimum absolute atomic E-state index is 0.0437. The fraction of sp³-hybridized carbons (Fsp3) is 0.0690. The standard InChI is InChI=1S/C58H47BF6O5P2/c1-44-25-21-23-39-55(44)67-71(49-27-9-3-10-28-49,50-29-11-4-12-30-50,51-31-13-5-14-32-51)69-59(66-48-42-46(57(60,61)62)41-47(43-48)58(63,64)65)70-72(52-33-15-6-16-34-52,53-35-17-7-18-36-53,54-37-19-8-20-38-54)68-56-40-24-22-26-45(56)2/h3-43H,1-2H3. The number of halogens is 6. The topological polar surface area (TPSA) is 46.2 Å². The third-order valence-electron chi connectivity index (χ3n) is 12.5. The second kappa shape index (κ2) is 19.8. The summed E-state index contributed by atoms with van der Waals surface area (Å²) in [7, 11) is -13.1. The van der Waals surface area contributed by atoms with Crippen molar-refractivity contribution in [2.24, 2.45) is 0 Å². The summed E-state index contributed by atoms with van der Waals surface area (Å²) in [5.41, 5.74) is -1.86. The Hall–Kier alpha value is -7.20. The zero-order valence-electron chi connectivity index (χ0n) is 39.0. The first-order chi connectivity index (χ1) is 34.6. The molecule has 0 aliphatic heterocycles. The summed E-state index contributed by atoms with van der Waals surface area (Å²) in [4.78, 5) is 0. The molecule has 0 saturated heterocycles. The average molecular weight is 1010 g/mol. The van der Waals surface area contributed by atoms with E-state index in [1.165, 1.54) is 0 Å². The van der Waals surface area contributed by atoms with E-state index < -0.39 is 50.7 Å². The molecule has 14 heteroatoms. The first kappa shape index (κ1) is 49.8. The number of hydrogen-bond acceptors (Lipinski definition) is 5. The van der Waals surface area contributed by atoms with E-state index in [2.05, 4.69) is 0 Å². The van der Waals surface area contributed by atoms with Gasteiger partial charge in [-0.05, 0) is 0 Å². The number of aryl methyl sites for hydroxylation is 2. The Labute approximate surface area is 415 Å². The quantitative estimate of drug-likeness (QED) is 0.0548. The second-order valence-corrected chi connectivity index (χ2v) is 24.7. The summed E-state index contributed by atoms with van der Waals surface area (Å²) in [5, 5.41) is 2.67. The van der Waals surface area contributed by atoms with Gasteiger partial charge in [0.25, 0.3) is 0 Å². The van der Waals surface area contributed by atoms with E-state index in [0.717, 1.165) is 0 Å². The Balaban J connectivity index is 1.49. The van der Waals surface area contributed by atoms with Crippen molar-refractivity contribution in [1.29, 1.82) is 0 Å². The van der Waals surface area contributed by atoms with E-state index in [-0.39, 0.29) is 6.07 Å². The Morgan fingerprint density at radius 2 is 0.583 bits per heavy atom. The Bertz CT molecular complexity index is 2850. The van der Waals surface area contributed by atoms with Crippen molar-refractivity contribution in [3.8, 4) is 17.2 Å². The summed E-state index contributed by atoms with van der Waals surface area (Å²) in [6.45, 7) is 3.72. The number of rotatable bonds is 16. The van der Waals surface area contributed by atoms with Crippen molar-refractivity contribution in [2.45, 2.75) is 26.2 Å². The molecule has 0 saturated carbocycles. The van der Waals surface area contributed by atoms with Gasteiger partial charge in [0.1, 0.15) is 0 Å². The Kier molecular flexibility index (Phi) is 13.7. The van der Waals surface area contributed by atoms with Crippen molar-refractivity contribution in [3.63, 3.8) is 0 Å². The van der Waals surface area contributed by atoms with Crippen LogP contribution in [0.15, 0.2) is 249 Å². The molecule has 0 amide bonds. The van der Waals surface area contributed by atoms with Crippen LogP contribution in [0, 0.1) is 13.8 Å².